The van der Waals surface area contributed by atoms with Crippen molar-refractivity contribution in [2.24, 2.45) is 4.99 Å². The Balaban J connectivity index is 1.75. The van der Waals surface area contributed by atoms with E-state index in [0.29, 0.717) is 21.4 Å². The molecule has 0 radical (unpaired) electrons. The number of halogens is 2. The maximum atomic E-state index is 12.4. The molecule has 1 atom stereocenters. The lowest BCUT2D eigenvalue weighted by atomic mass is 10.1. The van der Waals surface area contributed by atoms with Gasteiger partial charge in [-0.3, -0.25) is 14.9 Å². The molecule has 1 heterocycles. The molecule has 0 aliphatic carbocycles. The molecular formula is C17H14Cl2N4O2. The smallest absolute Gasteiger partial charge is 0.249 e. The first kappa shape index (κ1) is 17.3. The van der Waals surface area contributed by atoms with E-state index in [2.05, 4.69) is 20.9 Å². The van der Waals surface area contributed by atoms with Crippen LogP contribution in [0.4, 0.5) is 11.4 Å². The Bertz CT molecular complexity index is 820. The summed E-state index contributed by atoms with van der Waals surface area (Å²) in [5.74, 6) is -0.494. The Kier molecular flexibility index (Phi) is 5.21. The van der Waals surface area contributed by atoms with Crippen LogP contribution in [0.1, 0.15) is 6.42 Å². The van der Waals surface area contributed by atoms with Crippen molar-refractivity contribution in [3.05, 3.63) is 58.6 Å². The van der Waals surface area contributed by atoms with E-state index in [4.69, 9.17) is 23.2 Å². The number of nitrogens with one attached hydrogen (secondary N) is 3. The van der Waals surface area contributed by atoms with Crippen LogP contribution >= 0.6 is 23.2 Å². The molecule has 0 fully saturated rings. The highest BCUT2D eigenvalue weighted by atomic mass is 35.5. The van der Waals surface area contributed by atoms with Gasteiger partial charge in [-0.1, -0.05) is 41.4 Å². The van der Waals surface area contributed by atoms with Gasteiger partial charge in [0.25, 0.3) is 0 Å². The van der Waals surface area contributed by atoms with Gasteiger partial charge in [0.15, 0.2) is 0 Å². The number of guanidine groups is 1. The number of aliphatic imine (C=N–C) groups is 1. The van der Waals surface area contributed by atoms with Gasteiger partial charge >= 0.3 is 0 Å². The predicted molar refractivity (Wildman–Crippen MR) is 99.1 cm³/mol. The fourth-order valence-electron chi connectivity index (χ4n) is 2.32. The maximum absolute atomic E-state index is 12.4. The molecule has 2 aromatic rings. The highest BCUT2D eigenvalue weighted by Gasteiger charge is 2.27. The zero-order valence-corrected chi connectivity index (χ0v) is 14.4. The number of hydrogen-bond donors (Lipinski definition) is 3. The normalized spacial score (nSPS) is 16.6. The van der Waals surface area contributed by atoms with Crippen LogP contribution in [-0.4, -0.2) is 23.8 Å². The molecule has 8 heteroatoms. The number of carbonyl (C=O) groups excluding carboxylic acids is 2. The third kappa shape index (κ3) is 4.71. The summed E-state index contributed by atoms with van der Waals surface area (Å²) in [6.45, 7) is 0. The number of carbonyl (C=O) groups is 2. The van der Waals surface area contributed by atoms with E-state index >= 15 is 0 Å². The number of nitrogens with zero attached hydrogens (tertiary/aromatic N) is 1. The average molecular weight is 377 g/mol. The highest BCUT2D eigenvalue weighted by Crippen LogP contribution is 2.22. The summed E-state index contributed by atoms with van der Waals surface area (Å²) in [6, 6.07) is 13.0. The van der Waals surface area contributed by atoms with Gasteiger partial charge in [0, 0.05) is 21.4 Å². The van der Waals surface area contributed by atoms with Crippen molar-refractivity contribution in [2.75, 3.05) is 10.6 Å². The monoisotopic (exact) mass is 376 g/mol. The topological polar surface area (TPSA) is 82.6 Å². The fraction of sp³-hybridized carbons (Fsp3) is 0.118. The molecule has 128 valence electrons. The number of para-hydroxylation sites is 1. The van der Waals surface area contributed by atoms with Crippen molar-refractivity contribution < 1.29 is 9.59 Å². The zero-order valence-electron chi connectivity index (χ0n) is 12.9. The lowest BCUT2D eigenvalue weighted by Gasteiger charge is -2.21. The van der Waals surface area contributed by atoms with Crippen LogP contribution < -0.4 is 16.0 Å². The minimum atomic E-state index is -0.828. The second-order valence-electron chi connectivity index (χ2n) is 5.38. The van der Waals surface area contributed by atoms with Crippen LogP contribution in [0.2, 0.25) is 10.0 Å². The highest BCUT2D eigenvalue weighted by molar-refractivity contribution is 6.35. The molecule has 2 amide bonds. The van der Waals surface area contributed by atoms with Crippen molar-refractivity contribution >= 4 is 52.4 Å². The van der Waals surface area contributed by atoms with Crippen molar-refractivity contribution in [3.63, 3.8) is 0 Å². The summed E-state index contributed by atoms with van der Waals surface area (Å²) in [6.07, 6.45) is -0.0276. The molecule has 0 bridgehead atoms. The fourth-order valence-corrected chi connectivity index (χ4v) is 2.84. The van der Waals surface area contributed by atoms with Crippen LogP contribution in [0.25, 0.3) is 0 Å². The molecule has 3 rings (SSSR count). The quantitative estimate of drug-likeness (QED) is 0.768. The largest absolute Gasteiger partial charge is 0.326 e. The summed E-state index contributed by atoms with van der Waals surface area (Å²) in [7, 11) is 0. The van der Waals surface area contributed by atoms with Gasteiger partial charge in [-0.05, 0) is 30.3 Å². The second kappa shape index (κ2) is 7.55. The predicted octanol–water partition coefficient (Wildman–Crippen LogP) is 3.29. The van der Waals surface area contributed by atoms with E-state index in [1.54, 1.807) is 30.3 Å². The molecule has 1 aliphatic rings. The van der Waals surface area contributed by atoms with Gasteiger partial charge in [0.1, 0.15) is 6.04 Å². The van der Waals surface area contributed by atoms with E-state index < -0.39 is 6.04 Å². The van der Waals surface area contributed by atoms with E-state index in [9.17, 15) is 9.59 Å². The minimum Gasteiger partial charge on any atom is -0.326 e. The van der Waals surface area contributed by atoms with E-state index in [0.717, 1.165) is 0 Å². The lowest BCUT2D eigenvalue weighted by Crippen LogP contribution is -2.45. The minimum absolute atomic E-state index is 0.0276. The van der Waals surface area contributed by atoms with Gasteiger partial charge < -0.3 is 10.6 Å². The van der Waals surface area contributed by atoms with Crippen LogP contribution in [0.3, 0.4) is 0 Å². The van der Waals surface area contributed by atoms with Gasteiger partial charge in [0.05, 0.1) is 6.42 Å². The number of hydrogen-bond acceptors (Lipinski definition) is 4. The molecule has 0 saturated carbocycles. The Hall–Kier alpha value is -2.57. The third-order valence-corrected chi connectivity index (χ3v) is 3.83. The van der Waals surface area contributed by atoms with Crippen LogP contribution in [0.15, 0.2) is 53.5 Å². The molecule has 1 aliphatic heterocycles. The lowest BCUT2D eigenvalue weighted by molar-refractivity contribution is -0.124. The molecule has 0 saturated heterocycles. The molecule has 25 heavy (non-hydrogen) atoms. The second-order valence-corrected chi connectivity index (χ2v) is 6.26. The number of amides is 2. The molecule has 1 unspecified atom stereocenters. The van der Waals surface area contributed by atoms with Crippen LogP contribution in [-0.2, 0) is 9.59 Å². The van der Waals surface area contributed by atoms with Gasteiger partial charge in [-0.2, -0.15) is 0 Å². The Morgan fingerprint density at radius 3 is 2.44 bits per heavy atom. The van der Waals surface area contributed by atoms with Crippen molar-refractivity contribution in [2.45, 2.75) is 12.5 Å². The molecule has 0 spiro atoms. The van der Waals surface area contributed by atoms with Crippen LogP contribution in [0.5, 0.6) is 0 Å². The molecule has 2 aromatic carbocycles. The van der Waals surface area contributed by atoms with Crippen LogP contribution in [0, 0.1) is 0 Å². The molecule has 0 aromatic heterocycles. The zero-order chi connectivity index (χ0) is 17.8. The van der Waals surface area contributed by atoms with Gasteiger partial charge in [-0.25, -0.2) is 4.99 Å². The van der Waals surface area contributed by atoms with Crippen molar-refractivity contribution in [3.8, 4) is 0 Å². The molecule has 3 N–H and O–H groups in total. The molecule has 6 nitrogen and oxygen atoms in total. The molecular weight excluding hydrogens is 363 g/mol. The first-order valence-corrected chi connectivity index (χ1v) is 8.22. The average Bonchev–Trinajstić information content (AvgIpc) is 2.54. The first-order chi connectivity index (χ1) is 12.0. The van der Waals surface area contributed by atoms with Crippen molar-refractivity contribution in [1.82, 2.24) is 5.32 Å². The maximum Gasteiger partial charge on any atom is 0.249 e. The Morgan fingerprint density at radius 2 is 1.76 bits per heavy atom. The summed E-state index contributed by atoms with van der Waals surface area (Å²) in [5.41, 5.74) is 1.20. The summed E-state index contributed by atoms with van der Waals surface area (Å²) in [5, 5.41) is 9.12. The summed E-state index contributed by atoms with van der Waals surface area (Å²) in [4.78, 5) is 28.5. The summed E-state index contributed by atoms with van der Waals surface area (Å²) < 4.78 is 0. The van der Waals surface area contributed by atoms with Gasteiger partial charge in [-0.15, -0.1) is 0 Å². The first-order valence-electron chi connectivity index (χ1n) is 7.46. The Labute approximate surface area is 154 Å². The van der Waals surface area contributed by atoms with Gasteiger partial charge in [0.2, 0.25) is 17.8 Å². The number of rotatable bonds is 3. The number of benzene rings is 2. The van der Waals surface area contributed by atoms with Crippen molar-refractivity contribution in [1.29, 1.82) is 0 Å². The summed E-state index contributed by atoms with van der Waals surface area (Å²) >= 11 is 11.9. The standard InChI is InChI=1S/C17H14Cl2N4O2/c18-10-6-11(19)8-13(7-10)21-17-22-14(9-15(24)23-17)16(25)20-12-4-2-1-3-5-12/h1-8,14H,9H2,(H,20,25)(H2,21,22,23,24). The van der Waals surface area contributed by atoms with E-state index in [1.807, 2.05) is 18.2 Å². The Morgan fingerprint density at radius 1 is 1.08 bits per heavy atom. The van der Waals surface area contributed by atoms with E-state index in [1.165, 1.54) is 0 Å². The third-order valence-electron chi connectivity index (χ3n) is 3.39. The SMILES string of the molecule is O=C1CC(C(=O)Nc2ccccc2)N=C(Nc2cc(Cl)cc(Cl)c2)N1. The number of anilines is 2. The van der Waals surface area contributed by atoms with E-state index in [-0.39, 0.29) is 24.2 Å².